The first-order valence-electron chi connectivity index (χ1n) is 10.2. The van der Waals surface area contributed by atoms with Gasteiger partial charge in [0.05, 0.1) is 5.69 Å². The highest BCUT2D eigenvalue weighted by Crippen LogP contribution is 2.28. The number of anilines is 2. The quantitative estimate of drug-likeness (QED) is 0.499. The number of aryl methyl sites for hydroxylation is 1. The molecule has 2 aromatic carbocycles. The number of carbonyl (C=O) groups is 1. The highest BCUT2D eigenvalue weighted by molar-refractivity contribution is 5.97. The number of amides is 2. The maximum atomic E-state index is 11.8. The van der Waals surface area contributed by atoms with E-state index in [-0.39, 0.29) is 6.03 Å². The van der Waals surface area contributed by atoms with Crippen molar-refractivity contribution in [3.8, 4) is 5.69 Å². The molecule has 158 valence electrons. The molecule has 0 radical (unpaired) electrons. The van der Waals surface area contributed by atoms with Crippen LogP contribution in [-0.2, 0) is 6.54 Å². The largest absolute Gasteiger partial charge is 0.370 e. The predicted molar refractivity (Wildman–Crippen MR) is 123 cm³/mol. The maximum Gasteiger partial charge on any atom is 0.320 e. The van der Waals surface area contributed by atoms with Crippen molar-refractivity contribution in [2.75, 3.05) is 23.8 Å². The van der Waals surface area contributed by atoms with Crippen LogP contribution in [0.5, 0.6) is 0 Å². The van der Waals surface area contributed by atoms with E-state index in [1.807, 2.05) is 44.2 Å². The van der Waals surface area contributed by atoms with Crippen LogP contribution in [0.3, 0.4) is 0 Å². The number of fused-ring (bicyclic) bond motifs is 1. The van der Waals surface area contributed by atoms with E-state index in [4.69, 9.17) is 0 Å². The summed E-state index contributed by atoms with van der Waals surface area (Å²) in [6, 6.07) is 16.0. The van der Waals surface area contributed by atoms with E-state index < -0.39 is 0 Å². The molecule has 0 saturated carbocycles. The molecule has 2 heterocycles. The highest BCUT2D eigenvalue weighted by Gasteiger charge is 2.10. The van der Waals surface area contributed by atoms with Gasteiger partial charge in [-0.15, -0.1) is 0 Å². The van der Waals surface area contributed by atoms with Gasteiger partial charge in [-0.05, 0) is 49.1 Å². The molecule has 2 aromatic heterocycles. The van der Waals surface area contributed by atoms with Gasteiger partial charge in [0.25, 0.3) is 0 Å². The van der Waals surface area contributed by atoms with Crippen molar-refractivity contribution in [2.45, 2.75) is 20.4 Å². The van der Waals surface area contributed by atoms with Crippen LogP contribution in [0.15, 0.2) is 61.1 Å². The first-order valence-corrected chi connectivity index (χ1v) is 10.2. The topological polar surface area (TPSA) is 88.0 Å². The molecule has 4 rings (SSSR count). The van der Waals surface area contributed by atoms with Crippen LogP contribution < -0.4 is 15.5 Å². The van der Waals surface area contributed by atoms with Crippen LogP contribution in [0, 0.1) is 6.92 Å². The normalized spacial score (nSPS) is 10.8. The number of rotatable bonds is 6. The molecule has 2 N–H and O–H groups in total. The van der Waals surface area contributed by atoms with Crippen molar-refractivity contribution in [1.29, 1.82) is 0 Å². The Morgan fingerprint density at radius 3 is 2.65 bits per heavy atom. The van der Waals surface area contributed by atoms with Crippen LogP contribution in [0.1, 0.15) is 18.3 Å². The fraction of sp³-hybridized carbons (Fsp3) is 0.217. The highest BCUT2D eigenvalue weighted by atomic mass is 16.2. The van der Waals surface area contributed by atoms with E-state index in [1.165, 1.54) is 5.56 Å². The summed E-state index contributed by atoms with van der Waals surface area (Å²) in [5.41, 5.74) is 3.24. The van der Waals surface area contributed by atoms with Crippen molar-refractivity contribution in [3.05, 3.63) is 72.4 Å². The average molecular weight is 416 g/mol. The smallest absolute Gasteiger partial charge is 0.320 e. The van der Waals surface area contributed by atoms with Crippen LogP contribution in [0.4, 0.5) is 16.3 Å². The summed E-state index contributed by atoms with van der Waals surface area (Å²) < 4.78 is 1.77. The zero-order valence-corrected chi connectivity index (χ0v) is 17.8. The molecule has 0 fully saturated rings. The van der Waals surface area contributed by atoms with Crippen molar-refractivity contribution in [2.24, 2.45) is 0 Å². The number of hydrogen-bond acceptors (Lipinski definition) is 5. The van der Waals surface area contributed by atoms with E-state index in [2.05, 4.69) is 55.8 Å². The molecule has 0 unspecified atom stereocenters. The third-order valence-corrected chi connectivity index (χ3v) is 4.96. The predicted octanol–water partition coefficient (Wildman–Crippen LogP) is 3.90. The Morgan fingerprint density at radius 2 is 1.94 bits per heavy atom. The number of pyridine rings is 1. The Balaban J connectivity index is 1.52. The van der Waals surface area contributed by atoms with Crippen molar-refractivity contribution >= 4 is 28.3 Å². The number of carbonyl (C=O) groups excluding carboxylic acids is 1. The Bertz CT molecular complexity index is 1200. The molecule has 0 saturated heterocycles. The molecule has 0 aliphatic carbocycles. The third-order valence-electron chi connectivity index (χ3n) is 4.96. The van der Waals surface area contributed by atoms with Gasteiger partial charge in [-0.3, -0.25) is 5.32 Å². The molecule has 4 aromatic rings. The summed E-state index contributed by atoms with van der Waals surface area (Å²) in [5, 5.41) is 11.9. The number of urea groups is 1. The zero-order chi connectivity index (χ0) is 21.8. The molecule has 2 amide bonds. The number of benzene rings is 2. The first-order chi connectivity index (χ1) is 15.0. The molecular weight excluding hydrogens is 390 g/mol. The van der Waals surface area contributed by atoms with Gasteiger partial charge in [0.15, 0.2) is 0 Å². The van der Waals surface area contributed by atoms with Gasteiger partial charge in [-0.25, -0.2) is 19.4 Å². The monoisotopic (exact) mass is 415 g/mol. The summed E-state index contributed by atoms with van der Waals surface area (Å²) in [5.74, 6) is 1.27. The fourth-order valence-electron chi connectivity index (χ4n) is 3.46. The second kappa shape index (κ2) is 8.83. The second-order valence-corrected chi connectivity index (χ2v) is 7.31. The third kappa shape index (κ3) is 4.63. The van der Waals surface area contributed by atoms with Gasteiger partial charge in [0.2, 0.25) is 0 Å². The molecule has 8 nitrogen and oxygen atoms in total. The van der Waals surface area contributed by atoms with E-state index in [0.717, 1.165) is 34.5 Å². The number of hydrogen-bond donors (Lipinski definition) is 2. The molecule has 0 spiro atoms. The fourth-order valence-corrected chi connectivity index (χ4v) is 3.46. The second-order valence-electron chi connectivity index (χ2n) is 7.31. The molecule has 0 atom stereocenters. The lowest BCUT2D eigenvalue weighted by Crippen LogP contribution is -2.28. The summed E-state index contributed by atoms with van der Waals surface area (Å²) in [6.07, 6.45) is 3.52. The van der Waals surface area contributed by atoms with Crippen LogP contribution in [0.2, 0.25) is 0 Å². The zero-order valence-electron chi connectivity index (χ0n) is 17.8. The standard InChI is InChI=1S/C23H25N7O/c1-4-24-23(31)27-22-12-18-6-5-7-21(20(18)13-25-22)29(3)14-17-8-10-19(11-9-17)30-15-26-16(2)28-30/h5-13,15H,4,14H2,1-3H3,(H2,24,25,27,31). The van der Waals surface area contributed by atoms with Gasteiger partial charge in [-0.1, -0.05) is 24.3 Å². The Morgan fingerprint density at radius 1 is 1.13 bits per heavy atom. The summed E-state index contributed by atoms with van der Waals surface area (Å²) in [6.45, 7) is 5.05. The number of aromatic nitrogens is 4. The lowest BCUT2D eigenvalue weighted by atomic mass is 10.1. The van der Waals surface area contributed by atoms with Gasteiger partial charge in [-0.2, -0.15) is 5.10 Å². The summed E-state index contributed by atoms with van der Waals surface area (Å²) >= 11 is 0. The van der Waals surface area contributed by atoms with Gasteiger partial charge < -0.3 is 10.2 Å². The minimum atomic E-state index is -0.257. The molecule has 31 heavy (non-hydrogen) atoms. The van der Waals surface area contributed by atoms with Crippen LogP contribution >= 0.6 is 0 Å². The minimum absolute atomic E-state index is 0.257. The van der Waals surface area contributed by atoms with E-state index >= 15 is 0 Å². The SMILES string of the molecule is CCNC(=O)Nc1cc2cccc(N(C)Cc3ccc(-n4cnc(C)n4)cc3)c2cn1. The minimum Gasteiger partial charge on any atom is -0.370 e. The number of nitrogens with one attached hydrogen (secondary N) is 2. The Kier molecular flexibility index (Phi) is 5.79. The lowest BCUT2D eigenvalue weighted by Gasteiger charge is -2.21. The first kappa shape index (κ1) is 20.3. The maximum absolute atomic E-state index is 11.8. The average Bonchev–Trinajstić information content (AvgIpc) is 3.20. The summed E-state index contributed by atoms with van der Waals surface area (Å²) in [7, 11) is 2.06. The Hall–Kier alpha value is -3.94. The van der Waals surface area contributed by atoms with E-state index in [1.54, 1.807) is 17.2 Å². The number of nitrogens with zero attached hydrogens (tertiary/aromatic N) is 5. The van der Waals surface area contributed by atoms with Gasteiger partial charge in [0, 0.05) is 37.4 Å². The van der Waals surface area contributed by atoms with Crippen LogP contribution in [-0.4, -0.2) is 39.4 Å². The molecule has 0 aliphatic heterocycles. The van der Waals surface area contributed by atoms with Gasteiger partial charge in [0.1, 0.15) is 18.0 Å². The lowest BCUT2D eigenvalue weighted by molar-refractivity contribution is 0.252. The van der Waals surface area contributed by atoms with Gasteiger partial charge >= 0.3 is 6.03 Å². The van der Waals surface area contributed by atoms with Crippen molar-refractivity contribution in [3.63, 3.8) is 0 Å². The van der Waals surface area contributed by atoms with E-state index in [9.17, 15) is 4.79 Å². The molecular formula is C23H25N7O. The molecule has 8 heteroatoms. The summed E-state index contributed by atoms with van der Waals surface area (Å²) in [4.78, 5) is 22.5. The van der Waals surface area contributed by atoms with Crippen molar-refractivity contribution < 1.29 is 4.79 Å². The molecule has 0 aliphatic rings. The van der Waals surface area contributed by atoms with Crippen molar-refractivity contribution in [1.82, 2.24) is 25.1 Å². The Labute approximate surface area is 180 Å². The van der Waals surface area contributed by atoms with Crippen LogP contribution in [0.25, 0.3) is 16.5 Å². The van der Waals surface area contributed by atoms with E-state index in [0.29, 0.717) is 12.4 Å². The molecule has 0 bridgehead atoms.